The molecule has 5 nitrogen and oxygen atoms in total. The number of benzene rings is 1. The van der Waals surface area contributed by atoms with E-state index in [1.807, 2.05) is 6.07 Å². The van der Waals surface area contributed by atoms with Crippen LogP contribution < -0.4 is 0 Å². The third-order valence-corrected chi connectivity index (χ3v) is 4.65. The Balaban J connectivity index is 1.97. The summed E-state index contributed by atoms with van der Waals surface area (Å²) in [7, 11) is 0. The van der Waals surface area contributed by atoms with Gasteiger partial charge in [-0.2, -0.15) is 14.4 Å². The second-order valence-electron chi connectivity index (χ2n) is 5.66. The highest BCUT2D eigenvalue weighted by atomic mass is 32.2. The predicted octanol–water partition coefficient (Wildman–Crippen LogP) is 4.56. The van der Waals surface area contributed by atoms with E-state index in [4.69, 9.17) is 0 Å². The Kier molecular flexibility index (Phi) is 3.93. The molecule has 3 heterocycles. The van der Waals surface area contributed by atoms with Gasteiger partial charge in [-0.3, -0.25) is 4.40 Å². The Morgan fingerprint density at radius 3 is 2.54 bits per heavy atom. The summed E-state index contributed by atoms with van der Waals surface area (Å²) >= 11 is -0.00416. The molecule has 0 fully saturated rings. The van der Waals surface area contributed by atoms with E-state index in [0.29, 0.717) is 33.9 Å². The maximum atomic E-state index is 13.3. The molecule has 8 heteroatoms. The molecule has 128 valence electrons. The molecule has 0 radical (unpaired) electrons. The smallest absolute Gasteiger partial charge is 0.187 e. The topological polar surface area (TPSA) is 58.9 Å². The van der Waals surface area contributed by atoms with Gasteiger partial charge in [0.1, 0.15) is 28.9 Å². The first-order valence-electron chi connectivity index (χ1n) is 7.64. The second kappa shape index (κ2) is 6.28. The van der Waals surface area contributed by atoms with Crippen molar-refractivity contribution >= 4 is 18.0 Å². The molecule has 0 aliphatic rings. The van der Waals surface area contributed by atoms with Gasteiger partial charge in [-0.25, -0.2) is 9.37 Å². The third kappa shape index (κ3) is 2.53. The molecule has 0 atom stereocenters. The van der Waals surface area contributed by atoms with E-state index in [2.05, 4.69) is 16.2 Å². The van der Waals surface area contributed by atoms with E-state index >= 15 is 0 Å². The molecule has 0 bridgehead atoms. The molecular formula is C18H11F2N5S. The maximum absolute atomic E-state index is 13.3. The first-order valence-corrected chi connectivity index (χ1v) is 8.32. The van der Waals surface area contributed by atoms with Gasteiger partial charge in [-0.1, -0.05) is 0 Å². The zero-order chi connectivity index (χ0) is 18.3. The van der Waals surface area contributed by atoms with Crippen molar-refractivity contribution in [2.45, 2.75) is 6.92 Å². The van der Waals surface area contributed by atoms with Crippen LogP contribution in [0.15, 0.2) is 48.8 Å². The summed E-state index contributed by atoms with van der Waals surface area (Å²) in [6, 6.07) is 11.6. The molecular weight excluding hydrogens is 356 g/mol. The SMILES string of the molecule is Cc1c(-c2ccc3ncc(C#N)n3c2)c(-c2ccc(F)cc2)nn1SF. The fraction of sp³-hybridized carbons (Fsp3) is 0.0556. The molecule has 0 aliphatic carbocycles. The molecule has 4 aromatic rings. The van der Waals surface area contributed by atoms with Crippen LogP contribution in [-0.4, -0.2) is 18.6 Å². The minimum Gasteiger partial charge on any atom is -0.291 e. The average Bonchev–Trinajstić information content (AvgIpc) is 3.22. The summed E-state index contributed by atoms with van der Waals surface area (Å²) in [4.78, 5) is 4.17. The monoisotopic (exact) mass is 367 g/mol. The van der Waals surface area contributed by atoms with Gasteiger partial charge in [0.15, 0.2) is 12.3 Å². The van der Waals surface area contributed by atoms with Crippen LogP contribution in [0.4, 0.5) is 8.28 Å². The van der Waals surface area contributed by atoms with E-state index in [1.165, 1.54) is 22.4 Å². The molecule has 4 rings (SSSR count). The lowest BCUT2D eigenvalue weighted by Crippen LogP contribution is -1.92. The first-order chi connectivity index (χ1) is 12.6. The Morgan fingerprint density at radius 2 is 1.85 bits per heavy atom. The number of halogens is 2. The summed E-state index contributed by atoms with van der Waals surface area (Å²) < 4.78 is 29.4. The summed E-state index contributed by atoms with van der Waals surface area (Å²) in [6.07, 6.45) is 3.26. The van der Waals surface area contributed by atoms with Crippen molar-refractivity contribution in [1.29, 1.82) is 5.26 Å². The van der Waals surface area contributed by atoms with Crippen LogP contribution in [-0.2, 0) is 0 Å². The number of hydrogen-bond acceptors (Lipinski definition) is 4. The van der Waals surface area contributed by atoms with Crippen LogP contribution in [0.1, 0.15) is 11.4 Å². The number of aromatic nitrogens is 4. The second-order valence-corrected chi connectivity index (χ2v) is 6.14. The van der Waals surface area contributed by atoms with E-state index in [-0.39, 0.29) is 18.2 Å². The van der Waals surface area contributed by atoms with Crippen molar-refractivity contribution < 1.29 is 8.28 Å². The van der Waals surface area contributed by atoms with Crippen molar-refractivity contribution in [2.75, 3.05) is 0 Å². The number of nitrogens with zero attached hydrogens (tertiary/aromatic N) is 5. The minimum atomic E-state index is -0.357. The molecule has 0 saturated carbocycles. The molecule has 0 spiro atoms. The van der Waals surface area contributed by atoms with Gasteiger partial charge in [0, 0.05) is 22.9 Å². The molecule has 0 amide bonds. The molecule has 1 aromatic carbocycles. The van der Waals surface area contributed by atoms with Crippen LogP contribution in [0, 0.1) is 24.1 Å². The molecule has 3 aromatic heterocycles. The molecule has 0 unspecified atom stereocenters. The predicted molar refractivity (Wildman–Crippen MR) is 95.4 cm³/mol. The Labute approximate surface area is 151 Å². The quantitative estimate of drug-likeness (QED) is 0.532. The van der Waals surface area contributed by atoms with E-state index in [0.717, 1.165) is 5.56 Å². The average molecular weight is 367 g/mol. The van der Waals surface area contributed by atoms with Gasteiger partial charge in [0.05, 0.1) is 11.9 Å². The summed E-state index contributed by atoms with van der Waals surface area (Å²) in [6.45, 7) is 1.76. The lowest BCUT2D eigenvalue weighted by atomic mass is 10.0. The lowest BCUT2D eigenvalue weighted by Gasteiger charge is -2.06. The summed E-state index contributed by atoms with van der Waals surface area (Å²) in [5, 5.41) is 13.5. The highest BCUT2D eigenvalue weighted by Crippen LogP contribution is 2.36. The Bertz CT molecular complexity index is 1160. The fourth-order valence-corrected chi connectivity index (χ4v) is 3.22. The number of rotatable bonds is 3. The first kappa shape index (κ1) is 16.3. The van der Waals surface area contributed by atoms with Crippen LogP contribution in [0.5, 0.6) is 0 Å². The highest BCUT2D eigenvalue weighted by Gasteiger charge is 2.19. The van der Waals surface area contributed by atoms with Gasteiger partial charge < -0.3 is 0 Å². The minimum absolute atomic E-state index is 0.00416. The zero-order valence-corrected chi connectivity index (χ0v) is 14.3. The molecule has 26 heavy (non-hydrogen) atoms. The number of imidazole rings is 1. The van der Waals surface area contributed by atoms with Crippen LogP contribution in [0.25, 0.3) is 28.0 Å². The Hall–Kier alpha value is -3.18. The zero-order valence-electron chi connectivity index (χ0n) is 13.5. The maximum Gasteiger partial charge on any atom is 0.187 e. The van der Waals surface area contributed by atoms with Crippen LogP contribution >= 0.6 is 12.3 Å². The number of nitriles is 1. The van der Waals surface area contributed by atoms with Gasteiger partial charge in [0.2, 0.25) is 0 Å². The molecule has 0 saturated heterocycles. The van der Waals surface area contributed by atoms with E-state index in [1.54, 1.807) is 35.7 Å². The highest BCUT2D eigenvalue weighted by molar-refractivity contribution is 7.92. The number of pyridine rings is 1. The molecule has 0 aliphatic heterocycles. The Morgan fingerprint density at radius 1 is 1.12 bits per heavy atom. The normalized spacial score (nSPS) is 11.0. The van der Waals surface area contributed by atoms with Gasteiger partial charge in [-0.15, -0.1) is 3.89 Å². The van der Waals surface area contributed by atoms with Crippen LogP contribution in [0.2, 0.25) is 0 Å². The number of hydrogen-bond donors (Lipinski definition) is 0. The summed E-state index contributed by atoms with van der Waals surface area (Å²) in [5.74, 6) is -0.357. The van der Waals surface area contributed by atoms with Gasteiger partial charge >= 0.3 is 0 Å². The molecule has 0 N–H and O–H groups in total. The van der Waals surface area contributed by atoms with E-state index in [9.17, 15) is 13.5 Å². The fourth-order valence-electron chi connectivity index (χ4n) is 2.92. The van der Waals surface area contributed by atoms with Crippen molar-refractivity contribution in [3.8, 4) is 28.5 Å². The summed E-state index contributed by atoms with van der Waals surface area (Å²) in [5.41, 5.74) is 4.31. The third-order valence-electron chi connectivity index (χ3n) is 4.17. The van der Waals surface area contributed by atoms with Crippen LogP contribution in [0.3, 0.4) is 0 Å². The van der Waals surface area contributed by atoms with Crippen molar-refractivity contribution in [3.05, 3.63) is 66.0 Å². The van der Waals surface area contributed by atoms with Crippen molar-refractivity contribution in [3.63, 3.8) is 0 Å². The van der Waals surface area contributed by atoms with Gasteiger partial charge in [-0.05, 0) is 43.3 Å². The van der Waals surface area contributed by atoms with Crippen molar-refractivity contribution in [2.24, 2.45) is 0 Å². The standard InChI is InChI=1S/C18H11F2N5S/c1-11-17(13-4-7-16-22-9-15(8-21)24(16)10-13)18(23-25(11)26-20)12-2-5-14(19)6-3-12/h2-7,9-10H,1H3. The largest absolute Gasteiger partial charge is 0.291 e. The van der Waals surface area contributed by atoms with E-state index < -0.39 is 0 Å². The van der Waals surface area contributed by atoms with Crippen molar-refractivity contribution in [1.82, 2.24) is 18.6 Å². The number of fused-ring (bicyclic) bond motifs is 1. The lowest BCUT2D eigenvalue weighted by molar-refractivity contribution is 0.628. The van der Waals surface area contributed by atoms with Gasteiger partial charge in [0.25, 0.3) is 0 Å².